The van der Waals surface area contributed by atoms with Crippen molar-refractivity contribution in [3.8, 4) is 0 Å². The Kier molecular flexibility index (Phi) is 6.18. The summed E-state index contributed by atoms with van der Waals surface area (Å²) >= 11 is 0. The molecule has 1 aliphatic carbocycles. The minimum atomic E-state index is -0.508. The second kappa shape index (κ2) is 8.65. The molecule has 2 aliphatic heterocycles. The number of piperidine rings is 1. The van der Waals surface area contributed by atoms with E-state index in [9.17, 15) is 14.4 Å². The number of carbonyl (C=O) groups excluding carboxylic acids is 3. The minimum absolute atomic E-state index is 0.0149. The third-order valence-electron chi connectivity index (χ3n) is 7.49. The maximum Gasteiger partial charge on any atom is 0.410 e. The van der Waals surface area contributed by atoms with Crippen molar-refractivity contribution in [1.82, 2.24) is 14.7 Å². The van der Waals surface area contributed by atoms with E-state index < -0.39 is 5.60 Å². The smallest absolute Gasteiger partial charge is 0.410 e. The Morgan fingerprint density at radius 3 is 2.52 bits per heavy atom. The highest BCUT2D eigenvalue weighted by Gasteiger charge is 2.48. The lowest BCUT2D eigenvalue weighted by Gasteiger charge is -2.47. The third-order valence-corrected chi connectivity index (χ3v) is 7.49. The van der Waals surface area contributed by atoms with Crippen LogP contribution < -0.4 is 0 Å². The molecule has 0 radical (unpaired) electrons. The second-order valence-corrected chi connectivity index (χ2v) is 11.2. The van der Waals surface area contributed by atoms with E-state index in [4.69, 9.17) is 4.74 Å². The molecule has 1 saturated heterocycles. The molecule has 7 nitrogen and oxygen atoms in total. The predicted octanol–water partition coefficient (Wildman–Crippen LogP) is 4.16. The largest absolute Gasteiger partial charge is 0.444 e. The van der Waals surface area contributed by atoms with E-state index in [1.807, 2.05) is 42.7 Å². The second-order valence-electron chi connectivity index (χ2n) is 11.2. The van der Waals surface area contributed by atoms with Gasteiger partial charge < -0.3 is 19.4 Å². The van der Waals surface area contributed by atoms with Gasteiger partial charge in [-0.2, -0.15) is 0 Å². The van der Waals surface area contributed by atoms with Crippen molar-refractivity contribution in [3.63, 3.8) is 0 Å². The van der Waals surface area contributed by atoms with Crippen LogP contribution in [0.3, 0.4) is 0 Å². The van der Waals surface area contributed by atoms with Gasteiger partial charge in [-0.1, -0.05) is 18.9 Å². The standard InChI is InChI=1S/C26H37N3O4/c1-25(2,3)33-24(32)28-14-11-18(26(17-28)12-6-7-13-26)15-29-16-21-19(22(30)27(4)5)9-8-10-20(21)23(29)31/h8-10,18H,6-7,11-17H2,1-5H3. The normalized spacial score (nSPS) is 22.0. The molecule has 1 spiro atoms. The minimum Gasteiger partial charge on any atom is -0.444 e. The quantitative estimate of drug-likeness (QED) is 0.686. The summed E-state index contributed by atoms with van der Waals surface area (Å²) in [5.74, 6) is 0.283. The number of likely N-dealkylation sites (tertiary alicyclic amines) is 1. The Morgan fingerprint density at radius 1 is 1.18 bits per heavy atom. The summed E-state index contributed by atoms with van der Waals surface area (Å²) in [4.78, 5) is 44.0. The lowest BCUT2D eigenvalue weighted by atomic mass is 9.69. The average molecular weight is 456 g/mol. The number of benzene rings is 1. The van der Waals surface area contributed by atoms with Crippen LogP contribution in [0.5, 0.6) is 0 Å². The topological polar surface area (TPSA) is 70.2 Å². The van der Waals surface area contributed by atoms with Gasteiger partial charge in [-0.25, -0.2) is 4.79 Å². The van der Waals surface area contributed by atoms with Crippen molar-refractivity contribution in [3.05, 3.63) is 34.9 Å². The molecule has 1 aromatic rings. The van der Waals surface area contributed by atoms with Gasteiger partial charge in [0.2, 0.25) is 0 Å². The summed E-state index contributed by atoms with van der Waals surface area (Å²) in [5, 5.41) is 0. The van der Waals surface area contributed by atoms with Crippen LogP contribution in [0.1, 0.15) is 79.2 Å². The van der Waals surface area contributed by atoms with Crippen molar-refractivity contribution in [2.75, 3.05) is 33.7 Å². The lowest BCUT2D eigenvalue weighted by molar-refractivity contribution is -0.0182. The molecular weight excluding hydrogens is 418 g/mol. The fourth-order valence-electron chi connectivity index (χ4n) is 5.86. The zero-order valence-electron chi connectivity index (χ0n) is 20.6. The molecule has 1 saturated carbocycles. The molecule has 3 amide bonds. The predicted molar refractivity (Wildman–Crippen MR) is 126 cm³/mol. The van der Waals surface area contributed by atoms with Gasteiger partial charge in [0.1, 0.15) is 5.60 Å². The van der Waals surface area contributed by atoms with E-state index in [0.29, 0.717) is 43.2 Å². The van der Waals surface area contributed by atoms with Gasteiger partial charge in [0.05, 0.1) is 0 Å². The van der Waals surface area contributed by atoms with Crippen LogP contribution in [0.25, 0.3) is 0 Å². The highest BCUT2D eigenvalue weighted by molar-refractivity contribution is 6.04. The number of nitrogens with zero attached hydrogens (tertiary/aromatic N) is 3. The molecule has 1 unspecified atom stereocenters. The molecule has 0 bridgehead atoms. The number of hydrogen-bond donors (Lipinski definition) is 0. The molecule has 33 heavy (non-hydrogen) atoms. The van der Waals surface area contributed by atoms with Gasteiger partial charge in [-0.05, 0) is 69.1 Å². The average Bonchev–Trinajstić information content (AvgIpc) is 3.33. The van der Waals surface area contributed by atoms with E-state index >= 15 is 0 Å². The molecule has 2 fully saturated rings. The summed E-state index contributed by atoms with van der Waals surface area (Å²) in [7, 11) is 3.47. The first-order valence-electron chi connectivity index (χ1n) is 12.1. The van der Waals surface area contributed by atoms with Crippen molar-refractivity contribution < 1.29 is 19.1 Å². The molecule has 1 atom stereocenters. The number of ether oxygens (including phenoxy) is 1. The van der Waals surface area contributed by atoms with E-state index in [-0.39, 0.29) is 23.3 Å². The van der Waals surface area contributed by atoms with Gasteiger partial charge in [0.15, 0.2) is 0 Å². The summed E-state index contributed by atoms with van der Waals surface area (Å²) in [6.07, 6.45) is 5.11. The van der Waals surface area contributed by atoms with Crippen molar-refractivity contribution in [1.29, 1.82) is 0 Å². The Balaban J connectivity index is 1.51. The van der Waals surface area contributed by atoms with E-state index in [1.54, 1.807) is 25.1 Å². The van der Waals surface area contributed by atoms with Gasteiger partial charge in [-0.15, -0.1) is 0 Å². The van der Waals surface area contributed by atoms with Crippen LogP contribution in [0.2, 0.25) is 0 Å². The van der Waals surface area contributed by atoms with E-state index in [1.165, 1.54) is 0 Å². The van der Waals surface area contributed by atoms with Gasteiger partial charge in [0, 0.05) is 51.4 Å². The number of hydrogen-bond acceptors (Lipinski definition) is 4. The molecule has 0 aromatic heterocycles. The monoisotopic (exact) mass is 455 g/mol. The fourth-order valence-corrected chi connectivity index (χ4v) is 5.86. The van der Waals surface area contributed by atoms with Crippen LogP contribution in [0.4, 0.5) is 4.79 Å². The maximum absolute atomic E-state index is 13.3. The Morgan fingerprint density at radius 2 is 1.88 bits per heavy atom. The van der Waals surface area contributed by atoms with Crippen LogP contribution in [-0.2, 0) is 11.3 Å². The molecule has 1 aromatic carbocycles. The van der Waals surface area contributed by atoms with Gasteiger partial charge >= 0.3 is 6.09 Å². The number of amides is 3. The lowest BCUT2D eigenvalue weighted by Crippen LogP contribution is -2.53. The van der Waals surface area contributed by atoms with Crippen molar-refractivity contribution in [2.24, 2.45) is 11.3 Å². The summed E-state index contributed by atoms with van der Waals surface area (Å²) in [6.45, 7) is 8.20. The number of fused-ring (bicyclic) bond motifs is 1. The first-order chi connectivity index (χ1) is 15.5. The first-order valence-corrected chi connectivity index (χ1v) is 12.1. The highest BCUT2D eigenvalue weighted by atomic mass is 16.6. The van der Waals surface area contributed by atoms with Gasteiger partial charge in [-0.3, -0.25) is 9.59 Å². The number of rotatable bonds is 3. The van der Waals surface area contributed by atoms with Gasteiger partial charge in [0.25, 0.3) is 11.8 Å². The molecule has 180 valence electrons. The zero-order valence-corrected chi connectivity index (χ0v) is 20.6. The fraction of sp³-hybridized carbons (Fsp3) is 0.654. The number of carbonyl (C=O) groups is 3. The highest BCUT2D eigenvalue weighted by Crippen LogP contribution is 2.49. The summed E-state index contributed by atoms with van der Waals surface area (Å²) in [6, 6.07) is 5.45. The summed E-state index contributed by atoms with van der Waals surface area (Å²) in [5.41, 5.74) is 1.63. The molecule has 4 rings (SSSR count). The Labute approximate surface area is 197 Å². The Bertz CT molecular complexity index is 943. The Hall–Kier alpha value is -2.57. The van der Waals surface area contributed by atoms with Crippen LogP contribution in [-0.4, -0.2) is 71.9 Å². The van der Waals surface area contributed by atoms with Crippen molar-refractivity contribution >= 4 is 17.9 Å². The molecule has 3 aliphatic rings. The van der Waals surface area contributed by atoms with Crippen LogP contribution >= 0.6 is 0 Å². The van der Waals surface area contributed by atoms with E-state index in [0.717, 1.165) is 37.7 Å². The van der Waals surface area contributed by atoms with Crippen LogP contribution in [0.15, 0.2) is 18.2 Å². The summed E-state index contributed by atoms with van der Waals surface area (Å²) < 4.78 is 5.65. The van der Waals surface area contributed by atoms with Crippen LogP contribution in [0, 0.1) is 11.3 Å². The zero-order chi connectivity index (χ0) is 24.0. The molecule has 0 N–H and O–H groups in total. The van der Waals surface area contributed by atoms with Crippen molar-refractivity contribution in [2.45, 2.75) is 65.0 Å². The molecular formula is C26H37N3O4. The SMILES string of the molecule is CN(C)C(=O)c1cccc2c1CN(CC1CCN(C(=O)OC(C)(C)C)CC13CCCC3)C2=O. The van der Waals surface area contributed by atoms with E-state index in [2.05, 4.69) is 0 Å². The first kappa shape index (κ1) is 23.6. The molecule has 7 heteroatoms. The maximum atomic E-state index is 13.3. The third kappa shape index (κ3) is 4.59. The molecule has 2 heterocycles.